The largest absolute Gasteiger partial charge is 0.384 e. The lowest BCUT2D eigenvalue weighted by Crippen LogP contribution is -2.17. The van der Waals surface area contributed by atoms with E-state index in [0.717, 1.165) is 15.3 Å². The van der Waals surface area contributed by atoms with Crippen LogP contribution in [0.5, 0.6) is 0 Å². The molecule has 4 aromatic rings. The normalized spacial score (nSPS) is 12.3. The quantitative estimate of drug-likeness (QED) is 0.300. The third-order valence-corrected chi connectivity index (χ3v) is 8.25. The van der Waals surface area contributed by atoms with Crippen LogP contribution in [-0.2, 0) is 15.4 Å². The molecule has 0 aliphatic carbocycles. The van der Waals surface area contributed by atoms with Gasteiger partial charge in [0, 0.05) is 11.1 Å². The molecule has 0 amide bonds. The highest BCUT2D eigenvalue weighted by atomic mass is 79.9. The number of nitrogens with zero attached hydrogens (tertiary/aromatic N) is 2. The predicted octanol–water partition coefficient (Wildman–Crippen LogP) is 6.45. The van der Waals surface area contributed by atoms with Gasteiger partial charge in [-0.2, -0.15) is 5.10 Å². The molecular formula is C23H19BrClFN2O3S2. The van der Waals surface area contributed by atoms with Crippen LogP contribution in [-0.4, -0.2) is 29.6 Å². The SMILES string of the molecule is CC(C)(O)c1nn(-c2cccc(Cl)c2F)c(-c2ccc(-c3cccc(S(C)(=O)=O)c3)s2)c1Br. The fourth-order valence-electron chi connectivity index (χ4n) is 3.33. The second-order valence-corrected chi connectivity index (χ2v) is 12.3. The molecule has 0 spiro atoms. The van der Waals surface area contributed by atoms with E-state index in [4.69, 9.17) is 11.6 Å². The number of halogens is 3. The lowest BCUT2D eigenvalue weighted by molar-refractivity contribution is 0.0727. The van der Waals surface area contributed by atoms with E-state index in [2.05, 4.69) is 21.0 Å². The average molecular weight is 570 g/mol. The predicted molar refractivity (Wildman–Crippen MR) is 133 cm³/mol. The van der Waals surface area contributed by atoms with Crippen LogP contribution in [0, 0.1) is 5.82 Å². The zero-order valence-corrected chi connectivity index (χ0v) is 21.8. The van der Waals surface area contributed by atoms with E-state index in [1.807, 2.05) is 18.2 Å². The molecule has 2 heterocycles. The molecule has 33 heavy (non-hydrogen) atoms. The van der Waals surface area contributed by atoms with E-state index < -0.39 is 21.3 Å². The first-order valence-corrected chi connectivity index (χ1v) is 13.6. The van der Waals surface area contributed by atoms with Gasteiger partial charge in [0.05, 0.1) is 25.0 Å². The van der Waals surface area contributed by atoms with E-state index in [1.165, 1.54) is 28.3 Å². The highest BCUT2D eigenvalue weighted by Crippen LogP contribution is 2.43. The van der Waals surface area contributed by atoms with Crippen LogP contribution in [0.4, 0.5) is 4.39 Å². The van der Waals surface area contributed by atoms with Crippen LogP contribution in [0.2, 0.25) is 5.02 Å². The molecule has 0 bridgehead atoms. The van der Waals surface area contributed by atoms with Crippen molar-refractivity contribution in [3.63, 3.8) is 0 Å². The Balaban J connectivity index is 1.91. The van der Waals surface area contributed by atoms with Gasteiger partial charge in [0.15, 0.2) is 15.7 Å². The van der Waals surface area contributed by atoms with Gasteiger partial charge in [-0.3, -0.25) is 0 Å². The van der Waals surface area contributed by atoms with E-state index >= 15 is 0 Å². The second-order valence-electron chi connectivity index (χ2n) is 8.02. The topological polar surface area (TPSA) is 72.2 Å². The molecule has 1 N–H and O–H groups in total. The Hall–Kier alpha value is -2.04. The van der Waals surface area contributed by atoms with Gasteiger partial charge >= 0.3 is 0 Å². The Morgan fingerprint density at radius 2 is 1.79 bits per heavy atom. The van der Waals surface area contributed by atoms with Crippen molar-refractivity contribution in [1.29, 1.82) is 0 Å². The van der Waals surface area contributed by atoms with Crippen LogP contribution in [0.1, 0.15) is 19.5 Å². The highest BCUT2D eigenvalue weighted by molar-refractivity contribution is 9.10. The molecular weight excluding hydrogens is 551 g/mol. The second kappa shape index (κ2) is 8.63. The van der Waals surface area contributed by atoms with Gasteiger partial charge in [-0.1, -0.05) is 29.8 Å². The molecule has 2 aromatic carbocycles. The van der Waals surface area contributed by atoms with Gasteiger partial charge in [-0.05, 0) is 71.7 Å². The Labute approximate surface area is 208 Å². The summed E-state index contributed by atoms with van der Waals surface area (Å²) in [7, 11) is -3.35. The van der Waals surface area contributed by atoms with Crippen LogP contribution in [0.15, 0.2) is 64.0 Å². The van der Waals surface area contributed by atoms with E-state index in [-0.39, 0.29) is 15.6 Å². The molecule has 2 aromatic heterocycles. The van der Waals surface area contributed by atoms with Crippen molar-refractivity contribution in [3.05, 3.63) is 75.6 Å². The number of hydrogen-bond acceptors (Lipinski definition) is 5. The first kappa shape index (κ1) is 24.1. The van der Waals surface area contributed by atoms with E-state index in [9.17, 15) is 17.9 Å². The number of benzene rings is 2. The first-order valence-electron chi connectivity index (χ1n) is 9.74. The fourth-order valence-corrected chi connectivity index (χ4v) is 6.29. The van der Waals surface area contributed by atoms with Crippen LogP contribution < -0.4 is 0 Å². The van der Waals surface area contributed by atoms with Crippen LogP contribution >= 0.6 is 38.9 Å². The van der Waals surface area contributed by atoms with Gasteiger partial charge < -0.3 is 5.11 Å². The maximum atomic E-state index is 14.9. The minimum Gasteiger partial charge on any atom is -0.384 e. The van der Waals surface area contributed by atoms with Crippen molar-refractivity contribution < 1.29 is 17.9 Å². The third-order valence-electron chi connectivity index (χ3n) is 4.95. The van der Waals surface area contributed by atoms with E-state index in [0.29, 0.717) is 15.9 Å². The average Bonchev–Trinajstić information content (AvgIpc) is 3.34. The van der Waals surface area contributed by atoms with Crippen molar-refractivity contribution in [1.82, 2.24) is 9.78 Å². The molecule has 0 atom stereocenters. The Bertz CT molecular complexity index is 1470. The van der Waals surface area contributed by atoms with Crippen molar-refractivity contribution in [3.8, 4) is 26.7 Å². The summed E-state index contributed by atoms with van der Waals surface area (Å²) in [5.41, 5.74) is 0.475. The number of thiophene rings is 1. The Morgan fingerprint density at radius 3 is 2.45 bits per heavy atom. The molecule has 0 saturated carbocycles. The minimum absolute atomic E-state index is 0.0423. The monoisotopic (exact) mass is 568 g/mol. The summed E-state index contributed by atoms with van der Waals surface area (Å²) in [6.45, 7) is 3.19. The number of rotatable bonds is 5. The molecule has 10 heteroatoms. The molecule has 0 radical (unpaired) electrons. The molecule has 0 fully saturated rings. The van der Waals surface area contributed by atoms with E-state index in [1.54, 1.807) is 44.2 Å². The standard InChI is InChI=1S/C23H19BrClFN2O3S2/c1-23(2,29)22-19(24)21(28(27-22)16-9-5-8-15(25)20(16)26)18-11-10-17(32-18)13-6-4-7-14(12-13)33(3,30)31/h4-12,29H,1-3H3. The molecule has 0 saturated heterocycles. The summed E-state index contributed by atoms with van der Waals surface area (Å²) in [5, 5.41) is 15.1. The summed E-state index contributed by atoms with van der Waals surface area (Å²) in [4.78, 5) is 1.79. The highest BCUT2D eigenvalue weighted by Gasteiger charge is 2.30. The van der Waals surface area contributed by atoms with Crippen LogP contribution in [0.25, 0.3) is 26.7 Å². The van der Waals surface area contributed by atoms with Gasteiger partial charge in [0.25, 0.3) is 0 Å². The molecule has 4 rings (SSSR count). The number of hydrogen-bond donors (Lipinski definition) is 1. The van der Waals surface area contributed by atoms with Gasteiger partial charge in [0.2, 0.25) is 0 Å². The lowest BCUT2D eigenvalue weighted by Gasteiger charge is -2.14. The van der Waals surface area contributed by atoms with Gasteiger partial charge in [0.1, 0.15) is 17.0 Å². The van der Waals surface area contributed by atoms with Gasteiger partial charge in [-0.15, -0.1) is 11.3 Å². The molecule has 5 nitrogen and oxygen atoms in total. The van der Waals surface area contributed by atoms with Crippen molar-refractivity contribution in [2.45, 2.75) is 24.3 Å². The maximum absolute atomic E-state index is 14.9. The van der Waals surface area contributed by atoms with Crippen LogP contribution in [0.3, 0.4) is 0 Å². The fraction of sp³-hybridized carbons (Fsp3) is 0.174. The van der Waals surface area contributed by atoms with Crippen molar-refractivity contribution in [2.24, 2.45) is 0 Å². The molecule has 172 valence electrons. The first-order chi connectivity index (χ1) is 15.4. The summed E-state index contributed by atoms with van der Waals surface area (Å²) >= 11 is 11.0. The van der Waals surface area contributed by atoms with Crippen molar-refractivity contribution >= 4 is 48.7 Å². The molecule has 0 aliphatic heterocycles. The summed E-state index contributed by atoms with van der Waals surface area (Å²) in [5.74, 6) is -0.629. The summed E-state index contributed by atoms with van der Waals surface area (Å²) < 4.78 is 40.8. The summed E-state index contributed by atoms with van der Waals surface area (Å²) in [6.07, 6.45) is 1.17. The molecule has 0 aliphatic rings. The Morgan fingerprint density at radius 1 is 1.12 bits per heavy atom. The minimum atomic E-state index is -3.35. The number of aliphatic hydroxyl groups is 1. The third kappa shape index (κ3) is 4.65. The zero-order valence-electron chi connectivity index (χ0n) is 17.8. The summed E-state index contributed by atoms with van der Waals surface area (Å²) in [6, 6.07) is 15.0. The van der Waals surface area contributed by atoms with Crippen molar-refractivity contribution in [2.75, 3.05) is 6.26 Å². The zero-order chi connectivity index (χ0) is 24.1. The smallest absolute Gasteiger partial charge is 0.175 e. The molecule has 0 unspecified atom stereocenters. The Kier molecular flexibility index (Phi) is 6.30. The lowest BCUT2D eigenvalue weighted by atomic mass is 10.1. The number of aromatic nitrogens is 2. The van der Waals surface area contributed by atoms with Gasteiger partial charge in [-0.25, -0.2) is 17.5 Å². The maximum Gasteiger partial charge on any atom is 0.175 e. The number of sulfone groups is 1.